The molecule has 1 aliphatic heterocycles. The number of amides is 3. The molecule has 1 fully saturated rings. The molecule has 15 heavy (non-hydrogen) atoms. The number of carbonyl (C=O) groups is 2. The molecule has 5 N–H and O–H groups in total. The van der Waals surface area contributed by atoms with Gasteiger partial charge >= 0.3 is 6.03 Å². The van der Waals surface area contributed by atoms with Crippen LogP contribution in [0.2, 0.25) is 0 Å². The van der Waals surface area contributed by atoms with Crippen molar-refractivity contribution in [1.82, 2.24) is 10.2 Å². The Balaban J connectivity index is 2.50. The van der Waals surface area contributed by atoms with Gasteiger partial charge < -0.3 is 11.5 Å². The Labute approximate surface area is 89.0 Å². The van der Waals surface area contributed by atoms with E-state index in [4.69, 9.17) is 11.5 Å². The molecule has 3 amide bonds. The van der Waals surface area contributed by atoms with E-state index in [-0.39, 0.29) is 18.0 Å². The fourth-order valence-electron chi connectivity index (χ4n) is 1.74. The molecule has 86 valence electrons. The number of imide groups is 1. The summed E-state index contributed by atoms with van der Waals surface area (Å²) in [6.45, 7) is 5.23. The molecule has 0 aromatic heterocycles. The van der Waals surface area contributed by atoms with Crippen LogP contribution in [0.1, 0.15) is 13.8 Å². The second-order valence-electron chi connectivity index (χ2n) is 4.12. The van der Waals surface area contributed by atoms with Gasteiger partial charge in [0.05, 0.1) is 6.04 Å². The molecular weight excluding hydrogens is 196 g/mol. The molecule has 0 radical (unpaired) electrons. The first-order valence-corrected chi connectivity index (χ1v) is 5.01. The minimum absolute atomic E-state index is 0.0915. The van der Waals surface area contributed by atoms with Crippen LogP contribution in [-0.4, -0.2) is 42.0 Å². The average Bonchev–Trinajstić information content (AvgIpc) is 2.44. The zero-order valence-corrected chi connectivity index (χ0v) is 9.06. The van der Waals surface area contributed by atoms with E-state index in [9.17, 15) is 9.59 Å². The first-order valence-electron chi connectivity index (χ1n) is 5.01. The fourth-order valence-corrected chi connectivity index (χ4v) is 1.74. The number of hydrogen-bond donors (Lipinski definition) is 3. The molecule has 3 atom stereocenters. The summed E-state index contributed by atoms with van der Waals surface area (Å²) in [4.78, 5) is 23.9. The van der Waals surface area contributed by atoms with Crippen molar-refractivity contribution in [3.05, 3.63) is 0 Å². The maximum Gasteiger partial charge on any atom is 0.318 e. The Hall–Kier alpha value is -1.14. The quantitative estimate of drug-likeness (QED) is 0.540. The standard InChI is InChI=1S/C9H18N4O2/c1-5-3-13(4-7(5)10)6(2)8(14)12-9(11)15/h5-7H,3-4,10H2,1-2H3,(H3,11,12,14,15). The Morgan fingerprint density at radius 2 is 2.07 bits per heavy atom. The lowest BCUT2D eigenvalue weighted by molar-refractivity contribution is -0.124. The van der Waals surface area contributed by atoms with Gasteiger partial charge in [-0.2, -0.15) is 0 Å². The Morgan fingerprint density at radius 3 is 2.47 bits per heavy atom. The minimum Gasteiger partial charge on any atom is -0.351 e. The van der Waals surface area contributed by atoms with Gasteiger partial charge in [-0.3, -0.25) is 15.0 Å². The monoisotopic (exact) mass is 214 g/mol. The molecule has 0 spiro atoms. The van der Waals surface area contributed by atoms with E-state index in [0.29, 0.717) is 12.5 Å². The summed E-state index contributed by atoms with van der Waals surface area (Å²) in [5, 5.41) is 2.07. The normalized spacial score (nSPS) is 28.7. The van der Waals surface area contributed by atoms with Crippen LogP contribution >= 0.6 is 0 Å². The predicted molar refractivity (Wildman–Crippen MR) is 55.9 cm³/mol. The van der Waals surface area contributed by atoms with Crippen molar-refractivity contribution in [3.8, 4) is 0 Å². The molecule has 1 aliphatic rings. The molecule has 0 aliphatic carbocycles. The lowest BCUT2D eigenvalue weighted by atomic mass is 10.1. The van der Waals surface area contributed by atoms with Crippen molar-refractivity contribution < 1.29 is 9.59 Å². The van der Waals surface area contributed by atoms with Gasteiger partial charge in [-0.1, -0.05) is 6.92 Å². The number of likely N-dealkylation sites (tertiary alicyclic amines) is 1. The highest BCUT2D eigenvalue weighted by Crippen LogP contribution is 2.16. The summed E-state index contributed by atoms with van der Waals surface area (Å²) < 4.78 is 0. The zero-order chi connectivity index (χ0) is 11.6. The summed E-state index contributed by atoms with van der Waals surface area (Å²) in [6, 6.07) is -1.09. The lowest BCUT2D eigenvalue weighted by Gasteiger charge is -2.22. The van der Waals surface area contributed by atoms with Crippen molar-refractivity contribution in [2.75, 3.05) is 13.1 Å². The summed E-state index contributed by atoms with van der Waals surface area (Å²) in [5.41, 5.74) is 10.7. The summed E-state index contributed by atoms with van der Waals surface area (Å²) >= 11 is 0. The van der Waals surface area contributed by atoms with Crippen LogP contribution in [-0.2, 0) is 4.79 Å². The Morgan fingerprint density at radius 1 is 1.47 bits per heavy atom. The summed E-state index contributed by atoms with van der Waals surface area (Å²) in [6.07, 6.45) is 0. The molecule has 0 aromatic rings. The van der Waals surface area contributed by atoms with Gasteiger partial charge in [0, 0.05) is 19.1 Å². The summed E-state index contributed by atoms with van der Waals surface area (Å²) in [7, 11) is 0. The van der Waals surface area contributed by atoms with Crippen LogP contribution in [0.15, 0.2) is 0 Å². The van der Waals surface area contributed by atoms with E-state index >= 15 is 0 Å². The van der Waals surface area contributed by atoms with Gasteiger partial charge in [-0.25, -0.2) is 4.79 Å². The molecule has 0 saturated carbocycles. The fraction of sp³-hybridized carbons (Fsp3) is 0.778. The molecule has 6 nitrogen and oxygen atoms in total. The number of primary amides is 1. The van der Waals surface area contributed by atoms with E-state index in [1.807, 2.05) is 11.8 Å². The number of nitrogens with two attached hydrogens (primary N) is 2. The smallest absolute Gasteiger partial charge is 0.318 e. The van der Waals surface area contributed by atoms with Crippen molar-refractivity contribution in [1.29, 1.82) is 0 Å². The topological polar surface area (TPSA) is 101 Å². The van der Waals surface area contributed by atoms with Gasteiger partial charge in [0.25, 0.3) is 0 Å². The highest BCUT2D eigenvalue weighted by atomic mass is 16.2. The lowest BCUT2D eigenvalue weighted by Crippen LogP contribution is -2.48. The highest BCUT2D eigenvalue weighted by Gasteiger charge is 2.32. The number of hydrogen-bond acceptors (Lipinski definition) is 4. The van der Waals surface area contributed by atoms with Crippen LogP contribution in [0.5, 0.6) is 0 Å². The first kappa shape index (κ1) is 11.9. The van der Waals surface area contributed by atoms with Crippen LogP contribution < -0.4 is 16.8 Å². The first-order chi connectivity index (χ1) is 6.91. The number of urea groups is 1. The van der Waals surface area contributed by atoms with Crippen molar-refractivity contribution in [2.45, 2.75) is 25.9 Å². The predicted octanol–water partition coefficient (Wildman–Crippen LogP) is -1.15. The molecule has 0 aromatic carbocycles. The third-order valence-corrected chi connectivity index (χ3v) is 2.87. The van der Waals surface area contributed by atoms with Gasteiger partial charge in [0.2, 0.25) is 5.91 Å². The highest BCUT2D eigenvalue weighted by molar-refractivity contribution is 5.96. The molecule has 1 heterocycles. The number of nitrogens with zero attached hydrogens (tertiary/aromatic N) is 1. The Bertz CT molecular complexity index is 259. The second kappa shape index (κ2) is 4.59. The maximum absolute atomic E-state index is 11.5. The van der Waals surface area contributed by atoms with Gasteiger partial charge in [-0.05, 0) is 12.8 Å². The van der Waals surface area contributed by atoms with Gasteiger partial charge in [0.1, 0.15) is 0 Å². The van der Waals surface area contributed by atoms with Crippen molar-refractivity contribution in [3.63, 3.8) is 0 Å². The van der Waals surface area contributed by atoms with Crippen LogP contribution in [0.25, 0.3) is 0 Å². The molecule has 1 saturated heterocycles. The zero-order valence-electron chi connectivity index (χ0n) is 9.06. The average molecular weight is 214 g/mol. The van der Waals surface area contributed by atoms with E-state index < -0.39 is 6.03 Å². The minimum atomic E-state index is -0.816. The van der Waals surface area contributed by atoms with Crippen molar-refractivity contribution in [2.24, 2.45) is 17.4 Å². The van der Waals surface area contributed by atoms with E-state index in [2.05, 4.69) is 5.32 Å². The largest absolute Gasteiger partial charge is 0.351 e. The van der Waals surface area contributed by atoms with E-state index in [1.165, 1.54) is 0 Å². The van der Waals surface area contributed by atoms with Crippen molar-refractivity contribution >= 4 is 11.9 Å². The molecule has 1 rings (SSSR count). The third kappa shape index (κ3) is 2.90. The number of carbonyl (C=O) groups excluding carboxylic acids is 2. The Kier molecular flexibility index (Phi) is 3.65. The maximum atomic E-state index is 11.5. The molecule has 3 unspecified atom stereocenters. The van der Waals surface area contributed by atoms with E-state index in [1.54, 1.807) is 6.92 Å². The molecular formula is C9H18N4O2. The SMILES string of the molecule is CC1CN(C(C)C(=O)NC(N)=O)CC1N. The molecule has 6 heteroatoms. The van der Waals surface area contributed by atoms with Crippen LogP contribution in [0, 0.1) is 5.92 Å². The molecule has 0 bridgehead atoms. The number of nitrogens with one attached hydrogen (secondary N) is 1. The van der Waals surface area contributed by atoms with Crippen LogP contribution in [0.4, 0.5) is 4.79 Å². The third-order valence-electron chi connectivity index (χ3n) is 2.87. The summed E-state index contributed by atoms with van der Waals surface area (Å²) in [5.74, 6) is -0.00220. The number of rotatable bonds is 2. The second-order valence-corrected chi connectivity index (χ2v) is 4.12. The van der Waals surface area contributed by atoms with Gasteiger partial charge in [0.15, 0.2) is 0 Å². The van der Waals surface area contributed by atoms with E-state index in [0.717, 1.165) is 6.54 Å². The van der Waals surface area contributed by atoms with Gasteiger partial charge in [-0.15, -0.1) is 0 Å². The van der Waals surface area contributed by atoms with Crippen LogP contribution in [0.3, 0.4) is 0 Å².